The van der Waals surface area contributed by atoms with Gasteiger partial charge >= 0.3 is 0 Å². The Morgan fingerprint density at radius 2 is 2.07 bits per heavy atom. The van der Waals surface area contributed by atoms with Gasteiger partial charge in [0.15, 0.2) is 17.3 Å². The van der Waals surface area contributed by atoms with Gasteiger partial charge in [-0.2, -0.15) is 4.98 Å². The summed E-state index contributed by atoms with van der Waals surface area (Å²) in [4.78, 5) is 16.7. The lowest BCUT2D eigenvalue weighted by atomic mass is 10.0. The standard InChI is InChI=1S/C19H17N3O5/c1-12-20-19(22-27-12)18(21-17(23)7-5-14-3-2-8-24-14)13-4-6-15-16(11-13)26-10-9-25-15/h2-8,11,18H,9-10H2,1H3,(H,21,23)/b7-5+. The van der Waals surface area contributed by atoms with Crippen LogP contribution in [0.3, 0.4) is 0 Å². The third-order valence-corrected chi connectivity index (χ3v) is 3.93. The summed E-state index contributed by atoms with van der Waals surface area (Å²) in [6.07, 6.45) is 4.51. The Balaban J connectivity index is 1.60. The molecule has 2 aromatic heterocycles. The van der Waals surface area contributed by atoms with Gasteiger partial charge in [-0.3, -0.25) is 4.79 Å². The van der Waals surface area contributed by atoms with E-state index in [2.05, 4.69) is 15.5 Å². The molecule has 8 nitrogen and oxygen atoms in total. The van der Waals surface area contributed by atoms with Crippen LogP contribution < -0.4 is 14.8 Å². The molecule has 0 bridgehead atoms. The fourth-order valence-electron chi connectivity index (χ4n) is 2.70. The normalized spacial score (nSPS) is 14.3. The van der Waals surface area contributed by atoms with Crippen molar-refractivity contribution in [1.29, 1.82) is 0 Å². The number of nitrogens with zero attached hydrogens (tertiary/aromatic N) is 2. The highest BCUT2D eigenvalue weighted by Crippen LogP contribution is 2.33. The number of rotatable bonds is 5. The number of furan rings is 1. The number of carbonyl (C=O) groups excluding carboxylic acids is 1. The molecule has 4 rings (SSSR count). The molecule has 0 saturated carbocycles. The van der Waals surface area contributed by atoms with Crippen LogP contribution in [0.15, 0.2) is 51.6 Å². The van der Waals surface area contributed by atoms with E-state index in [1.807, 2.05) is 6.07 Å². The lowest BCUT2D eigenvalue weighted by Gasteiger charge is -2.21. The molecule has 1 aromatic carbocycles. The number of aryl methyl sites for hydroxylation is 1. The number of nitrogens with one attached hydrogen (secondary N) is 1. The first-order valence-corrected chi connectivity index (χ1v) is 8.41. The van der Waals surface area contributed by atoms with Crippen molar-refractivity contribution in [1.82, 2.24) is 15.5 Å². The second-order valence-electron chi connectivity index (χ2n) is 5.87. The molecule has 27 heavy (non-hydrogen) atoms. The summed E-state index contributed by atoms with van der Waals surface area (Å²) in [6, 6.07) is 8.34. The molecule has 0 aliphatic carbocycles. The summed E-state index contributed by atoms with van der Waals surface area (Å²) < 4.78 is 21.4. The zero-order valence-corrected chi connectivity index (χ0v) is 14.5. The van der Waals surface area contributed by atoms with Crippen LogP contribution in [0.5, 0.6) is 11.5 Å². The number of amides is 1. The molecule has 138 valence electrons. The minimum atomic E-state index is -0.605. The quantitative estimate of drug-likeness (QED) is 0.692. The van der Waals surface area contributed by atoms with Crippen molar-refractivity contribution >= 4 is 12.0 Å². The Morgan fingerprint density at radius 1 is 1.22 bits per heavy atom. The maximum atomic E-state index is 12.4. The molecule has 0 fully saturated rings. The number of aromatic nitrogens is 2. The van der Waals surface area contributed by atoms with E-state index in [1.165, 1.54) is 12.3 Å². The predicted octanol–water partition coefficient (Wildman–Crippen LogP) is 2.66. The van der Waals surface area contributed by atoms with Crippen LogP contribution in [0.1, 0.15) is 29.1 Å². The van der Waals surface area contributed by atoms with E-state index >= 15 is 0 Å². The van der Waals surface area contributed by atoms with Gasteiger partial charge in [-0.25, -0.2) is 0 Å². The lowest BCUT2D eigenvalue weighted by Crippen LogP contribution is -2.28. The van der Waals surface area contributed by atoms with Crippen molar-refractivity contribution in [2.45, 2.75) is 13.0 Å². The number of hydrogen-bond donors (Lipinski definition) is 1. The monoisotopic (exact) mass is 367 g/mol. The fraction of sp³-hybridized carbons (Fsp3) is 0.211. The van der Waals surface area contributed by atoms with Crippen LogP contribution in [-0.4, -0.2) is 29.3 Å². The van der Waals surface area contributed by atoms with Gasteiger partial charge in [-0.1, -0.05) is 11.2 Å². The Morgan fingerprint density at radius 3 is 2.81 bits per heavy atom. The lowest BCUT2D eigenvalue weighted by molar-refractivity contribution is -0.117. The molecule has 1 aliphatic heterocycles. The molecule has 1 amide bonds. The zero-order chi connectivity index (χ0) is 18.6. The van der Waals surface area contributed by atoms with E-state index in [1.54, 1.807) is 37.3 Å². The first-order valence-electron chi connectivity index (χ1n) is 8.41. The number of ether oxygens (including phenoxy) is 2. The van der Waals surface area contributed by atoms with Gasteiger partial charge in [0.2, 0.25) is 11.8 Å². The summed E-state index contributed by atoms with van der Waals surface area (Å²) in [5.41, 5.74) is 0.750. The highest BCUT2D eigenvalue weighted by Gasteiger charge is 2.23. The van der Waals surface area contributed by atoms with Gasteiger partial charge in [-0.15, -0.1) is 0 Å². The summed E-state index contributed by atoms with van der Waals surface area (Å²) >= 11 is 0. The second-order valence-corrected chi connectivity index (χ2v) is 5.87. The fourth-order valence-corrected chi connectivity index (χ4v) is 2.70. The Bertz CT molecular complexity index is 962. The first kappa shape index (κ1) is 16.9. The molecule has 3 aromatic rings. The van der Waals surface area contributed by atoms with Crippen LogP contribution in [0.4, 0.5) is 0 Å². The molecule has 8 heteroatoms. The smallest absolute Gasteiger partial charge is 0.244 e. The van der Waals surface area contributed by atoms with Crippen molar-refractivity contribution in [3.63, 3.8) is 0 Å². The maximum absolute atomic E-state index is 12.4. The summed E-state index contributed by atoms with van der Waals surface area (Å²) in [5, 5.41) is 6.84. The molecule has 1 aliphatic rings. The molecule has 1 N–H and O–H groups in total. The third kappa shape index (κ3) is 3.84. The number of benzene rings is 1. The number of carbonyl (C=O) groups is 1. The molecular formula is C19H17N3O5. The zero-order valence-electron chi connectivity index (χ0n) is 14.5. The van der Waals surface area contributed by atoms with E-state index in [-0.39, 0.29) is 5.91 Å². The minimum absolute atomic E-state index is 0.325. The molecule has 0 spiro atoms. The van der Waals surface area contributed by atoms with E-state index < -0.39 is 6.04 Å². The largest absolute Gasteiger partial charge is 0.486 e. The predicted molar refractivity (Wildman–Crippen MR) is 94.2 cm³/mol. The SMILES string of the molecule is Cc1nc(C(NC(=O)/C=C/c2ccco2)c2ccc3c(c2)OCCO3)no1. The van der Waals surface area contributed by atoms with Crippen molar-refractivity contribution in [3.8, 4) is 11.5 Å². The van der Waals surface area contributed by atoms with E-state index in [0.29, 0.717) is 42.2 Å². The molecule has 1 unspecified atom stereocenters. The van der Waals surface area contributed by atoms with E-state index in [0.717, 1.165) is 5.56 Å². The van der Waals surface area contributed by atoms with Crippen LogP contribution >= 0.6 is 0 Å². The Labute approximate surface area is 154 Å². The Kier molecular flexibility index (Phi) is 4.61. The molecule has 0 saturated heterocycles. The average molecular weight is 367 g/mol. The molecule has 1 atom stereocenters. The van der Waals surface area contributed by atoms with Gasteiger partial charge in [-0.05, 0) is 35.9 Å². The highest BCUT2D eigenvalue weighted by molar-refractivity contribution is 5.91. The van der Waals surface area contributed by atoms with Gasteiger partial charge in [0.1, 0.15) is 25.0 Å². The van der Waals surface area contributed by atoms with Crippen molar-refractivity contribution in [2.24, 2.45) is 0 Å². The van der Waals surface area contributed by atoms with Crippen LogP contribution in [-0.2, 0) is 4.79 Å². The molecule has 3 heterocycles. The van der Waals surface area contributed by atoms with Crippen molar-refractivity contribution in [2.75, 3.05) is 13.2 Å². The summed E-state index contributed by atoms with van der Waals surface area (Å²) in [7, 11) is 0. The third-order valence-electron chi connectivity index (χ3n) is 3.93. The van der Waals surface area contributed by atoms with Crippen LogP contribution in [0.2, 0.25) is 0 Å². The van der Waals surface area contributed by atoms with Gasteiger partial charge in [0, 0.05) is 13.0 Å². The van der Waals surface area contributed by atoms with Crippen LogP contribution in [0, 0.1) is 6.92 Å². The summed E-state index contributed by atoms with van der Waals surface area (Å²) in [5.74, 6) is 2.29. The van der Waals surface area contributed by atoms with Crippen molar-refractivity contribution < 1.29 is 23.2 Å². The first-order chi connectivity index (χ1) is 13.2. The van der Waals surface area contributed by atoms with Crippen LogP contribution in [0.25, 0.3) is 6.08 Å². The van der Waals surface area contributed by atoms with Gasteiger partial charge in [0.25, 0.3) is 0 Å². The van der Waals surface area contributed by atoms with E-state index in [9.17, 15) is 4.79 Å². The van der Waals surface area contributed by atoms with Gasteiger partial charge < -0.3 is 23.7 Å². The number of fused-ring (bicyclic) bond motifs is 1. The topological polar surface area (TPSA) is 99.6 Å². The number of hydrogen-bond acceptors (Lipinski definition) is 7. The highest BCUT2D eigenvalue weighted by atomic mass is 16.6. The van der Waals surface area contributed by atoms with E-state index in [4.69, 9.17) is 18.4 Å². The summed E-state index contributed by atoms with van der Waals surface area (Å²) in [6.45, 7) is 2.67. The second kappa shape index (κ2) is 7.36. The van der Waals surface area contributed by atoms with Crippen molar-refractivity contribution in [3.05, 3.63) is 65.7 Å². The Hall–Kier alpha value is -3.55. The minimum Gasteiger partial charge on any atom is -0.486 e. The van der Waals surface area contributed by atoms with Gasteiger partial charge in [0.05, 0.1) is 6.26 Å². The maximum Gasteiger partial charge on any atom is 0.244 e. The molecule has 0 radical (unpaired) electrons. The average Bonchev–Trinajstić information content (AvgIpc) is 3.36. The molecular weight excluding hydrogens is 350 g/mol.